The molecule has 1 aliphatic heterocycles. The lowest BCUT2D eigenvalue weighted by molar-refractivity contribution is 0.262. The lowest BCUT2D eigenvalue weighted by Gasteiger charge is -2.33. The number of likely N-dealkylation sites (N-methyl/N-ethyl adjacent to an activating group) is 1. The van der Waals surface area contributed by atoms with Crippen molar-refractivity contribution in [3.63, 3.8) is 0 Å². The van der Waals surface area contributed by atoms with E-state index in [1.807, 2.05) is 6.07 Å². The zero-order valence-electron chi connectivity index (χ0n) is 11.3. The van der Waals surface area contributed by atoms with Crippen molar-refractivity contribution in [2.24, 2.45) is 5.92 Å². The summed E-state index contributed by atoms with van der Waals surface area (Å²) in [5.74, 6) is 1.37. The summed E-state index contributed by atoms with van der Waals surface area (Å²) >= 11 is 6.14. The largest absolute Gasteiger partial charge is 0.317 e. The molecular weight excluding hydrogens is 244 g/mol. The molecule has 1 heterocycles. The van der Waals surface area contributed by atoms with Gasteiger partial charge in [0.2, 0.25) is 0 Å². The molecule has 1 N–H and O–H groups in total. The van der Waals surface area contributed by atoms with Crippen LogP contribution in [-0.2, 0) is 0 Å². The predicted molar refractivity (Wildman–Crippen MR) is 78.3 cm³/mol. The Balaban J connectivity index is 2.18. The van der Waals surface area contributed by atoms with E-state index in [0.29, 0.717) is 5.92 Å². The molecule has 1 unspecified atom stereocenters. The first-order valence-electron chi connectivity index (χ1n) is 6.77. The summed E-state index contributed by atoms with van der Waals surface area (Å²) in [6.45, 7) is 3.40. The Hall–Kier alpha value is -0.570. The molecule has 0 amide bonds. The minimum atomic E-state index is 0.598. The van der Waals surface area contributed by atoms with E-state index >= 15 is 0 Å². The van der Waals surface area contributed by atoms with E-state index in [1.165, 1.54) is 18.4 Å². The van der Waals surface area contributed by atoms with Gasteiger partial charge in [0.1, 0.15) is 0 Å². The topological polar surface area (TPSA) is 15.3 Å². The van der Waals surface area contributed by atoms with E-state index in [2.05, 4.69) is 42.5 Å². The van der Waals surface area contributed by atoms with E-state index in [4.69, 9.17) is 11.6 Å². The van der Waals surface area contributed by atoms with Gasteiger partial charge in [0.25, 0.3) is 0 Å². The van der Waals surface area contributed by atoms with Crippen LogP contribution in [0.5, 0.6) is 0 Å². The number of hydrogen-bond donors (Lipinski definition) is 1. The molecule has 0 spiro atoms. The van der Waals surface area contributed by atoms with Crippen LogP contribution in [0.25, 0.3) is 0 Å². The Kier molecular flexibility index (Phi) is 5.04. The second-order valence-corrected chi connectivity index (χ2v) is 5.95. The molecule has 0 bridgehead atoms. The lowest BCUT2D eigenvalue weighted by atomic mass is 9.80. The molecule has 0 radical (unpaired) electrons. The zero-order chi connectivity index (χ0) is 13.0. The summed E-state index contributed by atoms with van der Waals surface area (Å²) in [7, 11) is 4.30. The fourth-order valence-corrected chi connectivity index (χ4v) is 3.10. The number of benzene rings is 1. The van der Waals surface area contributed by atoms with Crippen molar-refractivity contribution < 1.29 is 0 Å². The molecule has 0 saturated carbocycles. The van der Waals surface area contributed by atoms with Crippen LogP contribution in [0, 0.1) is 5.92 Å². The number of halogens is 1. The SMILES string of the molecule is CN(C)CC(c1cccc(Cl)c1)C1CCNCC1. The molecule has 100 valence electrons. The number of nitrogens with one attached hydrogen (secondary N) is 1. The smallest absolute Gasteiger partial charge is 0.0408 e. The highest BCUT2D eigenvalue weighted by atomic mass is 35.5. The summed E-state index contributed by atoms with van der Waals surface area (Å²) in [4.78, 5) is 2.29. The van der Waals surface area contributed by atoms with Gasteiger partial charge in [-0.1, -0.05) is 23.7 Å². The molecule has 2 rings (SSSR count). The highest BCUT2D eigenvalue weighted by Crippen LogP contribution is 2.32. The van der Waals surface area contributed by atoms with Gasteiger partial charge in [0.05, 0.1) is 0 Å². The van der Waals surface area contributed by atoms with E-state index in [9.17, 15) is 0 Å². The van der Waals surface area contributed by atoms with Crippen LogP contribution in [0.3, 0.4) is 0 Å². The monoisotopic (exact) mass is 266 g/mol. The first-order chi connectivity index (χ1) is 8.66. The maximum Gasteiger partial charge on any atom is 0.0408 e. The normalized spacial score (nSPS) is 19.1. The predicted octanol–water partition coefficient (Wildman–Crippen LogP) is 2.98. The van der Waals surface area contributed by atoms with Crippen molar-refractivity contribution in [1.82, 2.24) is 10.2 Å². The number of hydrogen-bond acceptors (Lipinski definition) is 2. The minimum Gasteiger partial charge on any atom is -0.317 e. The fourth-order valence-electron chi connectivity index (χ4n) is 2.90. The Morgan fingerprint density at radius 2 is 2.06 bits per heavy atom. The van der Waals surface area contributed by atoms with Gasteiger partial charge in [-0.3, -0.25) is 0 Å². The van der Waals surface area contributed by atoms with Gasteiger partial charge in [-0.05, 0) is 69.6 Å². The second-order valence-electron chi connectivity index (χ2n) is 5.51. The molecular formula is C15H23ClN2. The standard InChI is InChI=1S/C15H23ClN2/c1-18(2)11-15(12-6-8-17-9-7-12)13-4-3-5-14(16)10-13/h3-5,10,12,15,17H,6-9,11H2,1-2H3. The highest BCUT2D eigenvalue weighted by Gasteiger charge is 2.25. The Labute approximate surface area is 115 Å². The third-order valence-electron chi connectivity index (χ3n) is 3.79. The number of nitrogens with zero attached hydrogens (tertiary/aromatic N) is 1. The molecule has 1 atom stereocenters. The summed E-state index contributed by atoms with van der Waals surface area (Å²) in [6.07, 6.45) is 2.54. The molecule has 0 aliphatic carbocycles. The van der Waals surface area contributed by atoms with E-state index < -0.39 is 0 Å². The molecule has 0 aromatic heterocycles. The molecule has 1 aromatic carbocycles. The molecule has 2 nitrogen and oxygen atoms in total. The molecule has 3 heteroatoms. The van der Waals surface area contributed by atoms with Gasteiger partial charge in [0, 0.05) is 11.6 Å². The van der Waals surface area contributed by atoms with Gasteiger partial charge >= 0.3 is 0 Å². The van der Waals surface area contributed by atoms with Crippen molar-refractivity contribution in [3.05, 3.63) is 34.9 Å². The number of rotatable bonds is 4. The third kappa shape index (κ3) is 3.71. The maximum atomic E-state index is 6.14. The molecule has 1 saturated heterocycles. The van der Waals surface area contributed by atoms with Crippen molar-refractivity contribution in [2.45, 2.75) is 18.8 Å². The van der Waals surface area contributed by atoms with Crippen LogP contribution < -0.4 is 5.32 Å². The van der Waals surface area contributed by atoms with Crippen molar-refractivity contribution in [1.29, 1.82) is 0 Å². The van der Waals surface area contributed by atoms with Gasteiger partial charge in [0.15, 0.2) is 0 Å². The highest BCUT2D eigenvalue weighted by molar-refractivity contribution is 6.30. The van der Waals surface area contributed by atoms with Crippen molar-refractivity contribution in [3.8, 4) is 0 Å². The minimum absolute atomic E-state index is 0.598. The van der Waals surface area contributed by atoms with Crippen LogP contribution in [0.15, 0.2) is 24.3 Å². The Bertz CT molecular complexity index is 373. The third-order valence-corrected chi connectivity index (χ3v) is 4.03. The van der Waals surface area contributed by atoms with E-state index in [0.717, 1.165) is 30.6 Å². The summed E-state index contributed by atoms with van der Waals surface area (Å²) in [5.41, 5.74) is 1.39. The lowest BCUT2D eigenvalue weighted by Crippen LogP contribution is -2.34. The fraction of sp³-hybridized carbons (Fsp3) is 0.600. The van der Waals surface area contributed by atoms with E-state index in [1.54, 1.807) is 0 Å². The van der Waals surface area contributed by atoms with Gasteiger partial charge in [-0.25, -0.2) is 0 Å². The van der Waals surface area contributed by atoms with Crippen LogP contribution in [0.1, 0.15) is 24.3 Å². The van der Waals surface area contributed by atoms with E-state index in [-0.39, 0.29) is 0 Å². The Morgan fingerprint density at radius 1 is 1.33 bits per heavy atom. The molecule has 1 aromatic rings. The first kappa shape index (κ1) is 13.9. The summed E-state index contributed by atoms with van der Waals surface area (Å²) < 4.78 is 0. The summed E-state index contributed by atoms with van der Waals surface area (Å²) in [5, 5.41) is 4.30. The van der Waals surface area contributed by atoms with Gasteiger partial charge < -0.3 is 10.2 Å². The van der Waals surface area contributed by atoms with Gasteiger partial charge in [-0.2, -0.15) is 0 Å². The van der Waals surface area contributed by atoms with Crippen LogP contribution >= 0.6 is 11.6 Å². The zero-order valence-corrected chi connectivity index (χ0v) is 12.1. The van der Waals surface area contributed by atoms with Crippen molar-refractivity contribution in [2.75, 3.05) is 33.7 Å². The molecule has 18 heavy (non-hydrogen) atoms. The van der Waals surface area contributed by atoms with Crippen molar-refractivity contribution >= 4 is 11.6 Å². The summed E-state index contributed by atoms with van der Waals surface area (Å²) in [6, 6.07) is 8.39. The average molecular weight is 267 g/mol. The molecule has 1 aliphatic rings. The average Bonchev–Trinajstić information content (AvgIpc) is 2.37. The van der Waals surface area contributed by atoms with Crippen LogP contribution in [0.4, 0.5) is 0 Å². The quantitative estimate of drug-likeness (QED) is 0.901. The van der Waals surface area contributed by atoms with Crippen LogP contribution in [-0.4, -0.2) is 38.6 Å². The number of piperidine rings is 1. The first-order valence-corrected chi connectivity index (χ1v) is 7.15. The second kappa shape index (κ2) is 6.55. The van der Waals surface area contributed by atoms with Gasteiger partial charge in [-0.15, -0.1) is 0 Å². The molecule has 1 fully saturated rings. The Morgan fingerprint density at radius 3 is 2.67 bits per heavy atom. The maximum absolute atomic E-state index is 6.14. The van der Waals surface area contributed by atoms with Crippen LogP contribution in [0.2, 0.25) is 5.02 Å².